The summed E-state index contributed by atoms with van der Waals surface area (Å²) >= 11 is 0. The predicted molar refractivity (Wildman–Crippen MR) is 116 cm³/mol. The maximum absolute atomic E-state index is 13.3. The van der Waals surface area contributed by atoms with Crippen molar-refractivity contribution in [3.8, 4) is 0 Å². The zero-order valence-electron chi connectivity index (χ0n) is 20.0. The molecule has 0 radical (unpaired) electrons. The van der Waals surface area contributed by atoms with Crippen LogP contribution >= 0.6 is 0 Å². The Labute approximate surface area is 200 Å². The van der Waals surface area contributed by atoms with Crippen molar-refractivity contribution in [2.24, 2.45) is 5.41 Å². The Balaban J connectivity index is 1.78. The molecule has 1 aromatic carbocycles. The fourth-order valence-electron chi connectivity index (χ4n) is 5.14. The van der Waals surface area contributed by atoms with Gasteiger partial charge in [-0.2, -0.15) is 26.3 Å². The molecule has 0 aromatic heterocycles. The number of alkyl halides is 6. The molecule has 1 aromatic rings. The highest BCUT2D eigenvalue weighted by Gasteiger charge is 2.55. The molecule has 0 bridgehead atoms. The molecule has 198 valence electrons. The summed E-state index contributed by atoms with van der Waals surface area (Å²) in [4.78, 5) is 13.3. The second kappa shape index (κ2) is 9.55. The average Bonchev–Trinajstić information content (AvgIpc) is 3.15. The van der Waals surface area contributed by atoms with Crippen LogP contribution in [0.1, 0.15) is 69.6 Å². The first kappa shape index (κ1) is 27.7. The molecule has 2 fully saturated rings. The number of hydrogen-bond donors (Lipinski definition) is 3. The lowest BCUT2D eigenvalue weighted by Gasteiger charge is -2.41. The van der Waals surface area contributed by atoms with Gasteiger partial charge in [-0.15, -0.1) is 0 Å². The van der Waals surface area contributed by atoms with Crippen LogP contribution in [0.4, 0.5) is 26.3 Å². The molecule has 3 N–H and O–H groups in total. The maximum atomic E-state index is 13.3. The number of halogens is 6. The van der Waals surface area contributed by atoms with Gasteiger partial charge in [0.05, 0.1) is 22.1 Å². The van der Waals surface area contributed by atoms with E-state index in [9.17, 15) is 36.2 Å². The van der Waals surface area contributed by atoms with Crippen LogP contribution in [0.5, 0.6) is 0 Å². The van der Waals surface area contributed by atoms with Crippen molar-refractivity contribution in [1.82, 2.24) is 10.6 Å². The van der Waals surface area contributed by atoms with E-state index in [1.165, 1.54) is 13.8 Å². The first-order valence-corrected chi connectivity index (χ1v) is 11.6. The molecule has 1 saturated heterocycles. The first-order chi connectivity index (χ1) is 16.0. The average molecular weight is 511 g/mol. The summed E-state index contributed by atoms with van der Waals surface area (Å²) in [6.45, 7) is 5.77. The second-order valence-corrected chi connectivity index (χ2v) is 10.5. The van der Waals surface area contributed by atoms with E-state index in [0.717, 1.165) is 12.8 Å². The Hall–Kier alpha value is -1.85. The Morgan fingerprint density at radius 3 is 2.06 bits per heavy atom. The number of ether oxygens (including phenoxy) is 1. The smallest absolute Gasteiger partial charge is 0.389 e. The van der Waals surface area contributed by atoms with Gasteiger partial charge in [0.2, 0.25) is 5.91 Å². The molecular formula is C24H32F6N2O3. The lowest BCUT2D eigenvalue weighted by Crippen LogP contribution is -2.55. The summed E-state index contributed by atoms with van der Waals surface area (Å²) in [6, 6.07) is 1.16. The molecule has 1 heterocycles. The zero-order valence-corrected chi connectivity index (χ0v) is 20.0. The van der Waals surface area contributed by atoms with Gasteiger partial charge >= 0.3 is 12.4 Å². The maximum Gasteiger partial charge on any atom is 0.416 e. The summed E-state index contributed by atoms with van der Waals surface area (Å²) in [7, 11) is 0. The number of nitrogens with one attached hydrogen (secondary N) is 2. The van der Waals surface area contributed by atoms with E-state index >= 15 is 0 Å². The molecule has 3 rings (SSSR count). The second-order valence-electron chi connectivity index (χ2n) is 10.5. The topological polar surface area (TPSA) is 70.6 Å². The number of benzene rings is 1. The summed E-state index contributed by atoms with van der Waals surface area (Å²) in [5.41, 5.74) is -6.10. The van der Waals surface area contributed by atoms with Gasteiger partial charge in [-0.05, 0) is 76.6 Å². The molecule has 0 spiro atoms. The highest BCUT2D eigenvalue weighted by Crippen LogP contribution is 2.47. The molecule has 1 aliphatic carbocycles. The molecule has 2 atom stereocenters. The lowest BCUT2D eigenvalue weighted by molar-refractivity contribution is -0.146. The monoisotopic (exact) mass is 510 g/mol. The van der Waals surface area contributed by atoms with E-state index in [1.54, 1.807) is 0 Å². The van der Waals surface area contributed by atoms with Gasteiger partial charge in [-0.25, -0.2) is 0 Å². The minimum atomic E-state index is -4.97. The van der Waals surface area contributed by atoms with E-state index < -0.39 is 46.9 Å². The molecular weight excluding hydrogens is 478 g/mol. The van der Waals surface area contributed by atoms with Crippen LogP contribution in [0.3, 0.4) is 0 Å². The summed E-state index contributed by atoms with van der Waals surface area (Å²) in [6.07, 6.45) is -7.16. The van der Waals surface area contributed by atoms with Crippen molar-refractivity contribution < 1.29 is 41.0 Å². The van der Waals surface area contributed by atoms with Crippen LogP contribution in [0.25, 0.3) is 0 Å². The molecule has 35 heavy (non-hydrogen) atoms. The Kier molecular flexibility index (Phi) is 7.57. The molecule has 2 unspecified atom stereocenters. The van der Waals surface area contributed by atoms with Gasteiger partial charge in [0.25, 0.3) is 0 Å². The first-order valence-electron chi connectivity index (χ1n) is 11.6. The quantitative estimate of drug-likeness (QED) is 0.481. The van der Waals surface area contributed by atoms with E-state index in [2.05, 4.69) is 17.6 Å². The van der Waals surface area contributed by atoms with Gasteiger partial charge in [0, 0.05) is 31.3 Å². The summed E-state index contributed by atoms with van der Waals surface area (Å²) in [5, 5.41) is 17.0. The van der Waals surface area contributed by atoms with Gasteiger partial charge in [0.1, 0.15) is 0 Å². The van der Waals surface area contributed by atoms with Crippen LogP contribution in [0, 0.1) is 5.41 Å². The highest BCUT2D eigenvalue weighted by atomic mass is 19.4. The molecule has 5 nitrogen and oxygen atoms in total. The SMILES string of the molecule is CC1(NC2CCC(C(=O)NCc3cc(C(F)(F)F)cc(C(F)(F)F)c3)(C(C)(C)O)C2)CCOCC1. The summed E-state index contributed by atoms with van der Waals surface area (Å²) in [5.74, 6) is -0.600. The van der Waals surface area contributed by atoms with Crippen LogP contribution in [0.15, 0.2) is 18.2 Å². The summed E-state index contributed by atoms with van der Waals surface area (Å²) < 4.78 is 84.4. The van der Waals surface area contributed by atoms with Gasteiger partial charge in [0.15, 0.2) is 0 Å². The minimum Gasteiger partial charge on any atom is -0.389 e. The number of rotatable bonds is 6. The van der Waals surface area contributed by atoms with Gasteiger partial charge in [-0.1, -0.05) is 0 Å². The minimum absolute atomic E-state index is 0.0494. The normalized spacial score (nSPS) is 25.5. The molecule has 2 aliphatic rings. The third kappa shape index (κ3) is 6.29. The number of aliphatic hydroxyl groups is 1. The standard InChI is InChI=1S/C24H32F6N2O3/c1-20(2,34)22(5-4-18(13-22)32-21(3)6-8-35-9-7-21)19(33)31-14-15-10-16(23(25,26)27)12-17(11-15)24(28,29)30/h10-12,18,32,34H,4-9,13-14H2,1-3H3,(H,31,33). The number of amides is 1. The number of carbonyl (C=O) groups excluding carboxylic acids is 1. The lowest BCUT2D eigenvalue weighted by atomic mass is 9.71. The van der Waals surface area contributed by atoms with Gasteiger partial charge < -0.3 is 20.5 Å². The van der Waals surface area contributed by atoms with Crippen molar-refractivity contribution in [2.75, 3.05) is 13.2 Å². The fraction of sp³-hybridized carbons (Fsp3) is 0.708. The predicted octanol–water partition coefficient (Wildman–Crippen LogP) is 4.81. The van der Waals surface area contributed by atoms with Crippen LogP contribution < -0.4 is 10.6 Å². The fourth-order valence-corrected chi connectivity index (χ4v) is 5.14. The third-order valence-corrected chi connectivity index (χ3v) is 7.37. The third-order valence-electron chi connectivity index (χ3n) is 7.37. The molecule has 1 amide bonds. The Morgan fingerprint density at radius 1 is 1.03 bits per heavy atom. The Morgan fingerprint density at radius 2 is 1.57 bits per heavy atom. The van der Waals surface area contributed by atoms with Gasteiger partial charge in [-0.3, -0.25) is 4.79 Å². The van der Waals surface area contributed by atoms with Crippen molar-refractivity contribution in [2.45, 2.75) is 89.0 Å². The highest BCUT2D eigenvalue weighted by molar-refractivity contribution is 5.84. The van der Waals surface area contributed by atoms with Crippen LogP contribution in [0.2, 0.25) is 0 Å². The molecule has 11 heteroatoms. The van der Waals surface area contributed by atoms with Crippen LogP contribution in [-0.4, -0.2) is 41.4 Å². The van der Waals surface area contributed by atoms with Crippen molar-refractivity contribution in [3.63, 3.8) is 0 Å². The number of carbonyl (C=O) groups is 1. The van der Waals surface area contributed by atoms with Crippen molar-refractivity contribution >= 4 is 5.91 Å². The zero-order chi connectivity index (χ0) is 26.3. The largest absolute Gasteiger partial charge is 0.416 e. The van der Waals surface area contributed by atoms with Crippen molar-refractivity contribution in [3.05, 3.63) is 34.9 Å². The van der Waals surface area contributed by atoms with Crippen molar-refractivity contribution in [1.29, 1.82) is 0 Å². The Bertz CT molecular complexity index is 887. The van der Waals surface area contributed by atoms with E-state index in [0.29, 0.717) is 38.2 Å². The molecule has 1 aliphatic heterocycles. The van der Waals surface area contributed by atoms with E-state index in [1.807, 2.05) is 0 Å². The molecule has 1 saturated carbocycles. The van der Waals surface area contributed by atoms with Crippen LogP contribution in [-0.2, 0) is 28.4 Å². The van der Waals surface area contributed by atoms with E-state index in [4.69, 9.17) is 4.74 Å². The van der Waals surface area contributed by atoms with E-state index in [-0.39, 0.29) is 29.6 Å². The number of hydrogen-bond acceptors (Lipinski definition) is 4.